The SMILES string of the molecule is CSCCCNc1cc(C)cc(N)c1. The first-order valence-electron chi connectivity index (χ1n) is 4.82. The Morgan fingerprint density at radius 1 is 1.36 bits per heavy atom. The minimum Gasteiger partial charge on any atom is -0.399 e. The molecule has 3 heteroatoms. The van der Waals surface area contributed by atoms with Gasteiger partial charge in [0.05, 0.1) is 0 Å². The first-order chi connectivity index (χ1) is 6.72. The molecular weight excluding hydrogens is 192 g/mol. The van der Waals surface area contributed by atoms with Gasteiger partial charge in [0.25, 0.3) is 0 Å². The zero-order valence-corrected chi connectivity index (χ0v) is 9.66. The van der Waals surface area contributed by atoms with Crippen molar-refractivity contribution in [2.75, 3.05) is 29.6 Å². The molecule has 2 nitrogen and oxygen atoms in total. The Morgan fingerprint density at radius 2 is 2.14 bits per heavy atom. The second-order valence-electron chi connectivity index (χ2n) is 3.41. The van der Waals surface area contributed by atoms with Crippen molar-refractivity contribution in [1.29, 1.82) is 0 Å². The lowest BCUT2D eigenvalue weighted by Crippen LogP contribution is -2.03. The lowest BCUT2D eigenvalue weighted by molar-refractivity contribution is 0.993. The molecule has 0 bridgehead atoms. The van der Waals surface area contributed by atoms with Crippen LogP contribution in [0.15, 0.2) is 18.2 Å². The van der Waals surface area contributed by atoms with E-state index in [9.17, 15) is 0 Å². The summed E-state index contributed by atoms with van der Waals surface area (Å²) in [6, 6.07) is 6.08. The summed E-state index contributed by atoms with van der Waals surface area (Å²) >= 11 is 1.88. The van der Waals surface area contributed by atoms with E-state index in [1.165, 1.54) is 17.7 Å². The maximum absolute atomic E-state index is 5.75. The van der Waals surface area contributed by atoms with Gasteiger partial charge in [-0.05, 0) is 49.1 Å². The molecule has 0 saturated heterocycles. The van der Waals surface area contributed by atoms with Crippen LogP contribution in [0.2, 0.25) is 0 Å². The molecule has 0 aliphatic rings. The van der Waals surface area contributed by atoms with E-state index >= 15 is 0 Å². The van der Waals surface area contributed by atoms with Crippen LogP contribution in [-0.4, -0.2) is 18.6 Å². The number of thioether (sulfide) groups is 1. The number of aryl methyl sites for hydroxylation is 1. The number of nitrogen functional groups attached to an aromatic ring is 1. The summed E-state index contributed by atoms with van der Waals surface area (Å²) in [6.45, 7) is 3.08. The maximum Gasteiger partial charge on any atom is 0.0363 e. The molecule has 0 aliphatic carbocycles. The fraction of sp³-hybridized carbons (Fsp3) is 0.455. The van der Waals surface area contributed by atoms with Crippen LogP contribution in [0.25, 0.3) is 0 Å². The first kappa shape index (κ1) is 11.2. The summed E-state index contributed by atoms with van der Waals surface area (Å²) in [7, 11) is 0. The van der Waals surface area contributed by atoms with Gasteiger partial charge in [0.15, 0.2) is 0 Å². The zero-order chi connectivity index (χ0) is 10.4. The number of anilines is 2. The molecule has 1 rings (SSSR count). The van der Waals surface area contributed by atoms with Crippen LogP contribution in [0.3, 0.4) is 0 Å². The number of nitrogens with two attached hydrogens (primary N) is 1. The molecule has 0 atom stereocenters. The van der Waals surface area contributed by atoms with E-state index in [1.54, 1.807) is 0 Å². The van der Waals surface area contributed by atoms with Crippen molar-refractivity contribution in [3.63, 3.8) is 0 Å². The number of benzene rings is 1. The average molecular weight is 210 g/mol. The summed E-state index contributed by atoms with van der Waals surface area (Å²) in [4.78, 5) is 0. The van der Waals surface area contributed by atoms with E-state index in [4.69, 9.17) is 5.73 Å². The maximum atomic E-state index is 5.75. The predicted molar refractivity (Wildman–Crippen MR) is 67.1 cm³/mol. The minimum atomic E-state index is 0.831. The van der Waals surface area contributed by atoms with Gasteiger partial charge in [-0.15, -0.1) is 0 Å². The Kier molecular flexibility index (Phi) is 4.66. The third kappa shape index (κ3) is 3.92. The fourth-order valence-electron chi connectivity index (χ4n) is 1.36. The normalized spacial score (nSPS) is 10.1. The van der Waals surface area contributed by atoms with Gasteiger partial charge in [0, 0.05) is 17.9 Å². The van der Waals surface area contributed by atoms with Gasteiger partial charge in [-0.2, -0.15) is 11.8 Å². The largest absolute Gasteiger partial charge is 0.399 e. The van der Waals surface area contributed by atoms with Crippen molar-refractivity contribution in [2.24, 2.45) is 0 Å². The van der Waals surface area contributed by atoms with Crippen LogP contribution in [0, 0.1) is 6.92 Å². The van der Waals surface area contributed by atoms with E-state index in [0.29, 0.717) is 0 Å². The van der Waals surface area contributed by atoms with Crippen LogP contribution in [0.4, 0.5) is 11.4 Å². The van der Waals surface area contributed by atoms with Crippen LogP contribution in [0.1, 0.15) is 12.0 Å². The lowest BCUT2D eigenvalue weighted by Gasteiger charge is -2.07. The van der Waals surface area contributed by atoms with Crippen molar-refractivity contribution in [2.45, 2.75) is 13.3 Å². The molecule has 0 unspecified atom stereocenters. The van der Waals surface area contributed by atoms with Gasteiger partial charge in [0.1, 0.15) is 0 Å². The third-order valence-corrected chi connectivity index (χ3v) is 2.65. The van der Waals surface area contributed by atoms with E-state index < -0.39 is 0 Å². The standard InChI is InChI=1S/C11H18N2S/c1-9-6-10(12)8-11(7-9)13-4-3-5-14-2/h6-8,13H,3-5,12H2,1-2H3. The van der Waals surface area contributed by atoms with Gasteiger partial charge in [-0.25, -0.2) is 0 Å². The number of rotatable bonds is 5. The fourth-order valence-corrected chi connectivity index (χ4v) is 1.80. The Bertz CT molecular complexity index is 266. The molecule has 78 valence electrons. The summed E-state index contributed by atoms with van der Waals surface area (Å²) in [5, 5.41) is 3.37. The third-order valence-electron chi connectivity index (χ3n) is 1.95. The summed E-state index contributed by atoms with van der Waals surface area (Å²) in [5.74, 6) is 1.20. The van der Waals surface area contributed by atoms with Gasteiger partial charge >= 0.3 is 0 Å². The van der Waals surface area contributed by atoms with Crippen LogP contribution >= 0.6 is 11.8 Å². The topological polar surface area (TPSA) is 38.0 Å². The highest BCUT2D eigenvalue weighted by atomic mass is 32.2. The Morgan fingerprint density at radius 3 is 2.79 bits per heavy atom. The Hall–Kier alpha value is -0.830. The predicted octanol–water partition coefficient (Wildman–Crippen LogP) is 2.74. The molecule has 0 aromatic heterocycles. The Labute approximate surface area is 90.3 Å². The molecule has 1 aromatic carbocycles. The summed E-state index contributed by atoms with van der Waals surface area (Å²) in [5.41, 5.74) is 8.91. The molecule has 0 amide bonds. The van der Waals surface area contributed by atoms with E-state index in [-0.39, 0.29) is 0 Å². The molecule has 0 heterocycles. The van der Waals surface area contributed by atoms with Crippen molar-refractivity contribution >= 4 is 23.1 Å². The second kappa shape index (κ2) is 5.81. The number of nitrogens with one attached hydrogen (secondary N) is 1. The number of hydrogen-bond donors (Lipinski definition) is 2. The quantitative estimate of drug-likeness (QED) is 0.579. The molecule has 1 aromatic rings. The molecule has 0 saturated carbocycles. The zero-order valence-electron chi connectivity index (χ0n) is 8.84. The monoisotopic (exact) mass is 210 g/mol. The molecule has 0 spiro atoms. The second-order valence-corrected chi connectivity index (χ2v) is 4.39. The van der Waals surface area contributed by atoms with Gasteiger partial charge in [-0.3, -0.25) is 0 Å². The lowest BCUT2D eigenvalue weighted by atomic mass is 10.2. The molecule has 0 fully saturated rings. The van der Waals surface area contributed by atoms with Gasteiger partial charge in [0.2, 0.25) is 0 Å². The molecule has 0 aliphatic heterocycles. The van der Waals surface area contributed by atoms with E-state index in [1.807, 2.05) is 23.9 Å². The van der Waals surface area contributed by atoms with Crippen molar-refractivity contribution in [3.8, 4) is 0 Å². The van der Waals surface area contributed by atoms with E-state index in [2.05, 4.69) is 24.6 Å². The highest BCUT2D eigenvalue weighted by Gasteiger charge is 1.94. The minimum absolute atomic E-state index is 0.831. The average Bonchev–Trinajstić information content (AvgIpc) is 2.11. The van der Waals surface area contributed by atoms with Crippen molar-refractivity contribution < 1.29 is 0 Å². The summed E-state index contributed by atoms with van der Waals surface area (Å²) in [6.07, 6.45) is 3.32. The first-order valence-corrected chi connectivity index (χ1v) is 6.22. The van der Waals surface area contributed by atoms with Crippen LogP contribution < -0.4 is 11.1 Å². The van der Waals surface area contributed by atoms with Gasteiger partial charge in [-0.1, -0.05) is 0 Å². The smallest absolute Gasteiger partial charge is 0.0363 e. The highest BCUT2D eigenvalue weighted by molar-refractivity contribution is 7.98. The van der Waals surface area contributed by atoms with E-state index in [0.717, 1.165) is 17.9 Å². The molecule has 0 radical (unpaired) electrons. The van der Waals surface area contributed by atoms with Crippen molar-refractivity contribution in [1.82, 2.24) is 0 Å². The van der Waals surface area contributed by atoms with Gasteiger partial charge < -0.3 is 11.1 Å². The highest BCUT2D eigenvalue weighted by Crippen LogP contribution is 2.15. The molecule has 3 N–H and O–H groups in total. The molecule has 14 heavy (non-hydrogen) atoms. The summed E-state index contributed by atoms with van der Waals surface area (Å²) < 4.78 is 0. The number of hydrogen-bond acceptors (Lipinski definition) is 3. The van der Waals surface area contributed by atoms with Crippen LogP contribution in [0.5, 0.6) is 0 Å². The van der Waals surface area contributed by atoms with Crippen LogP contribution in [-0.2, 0) is 0 Å². The Balaban J connectivity index is 2.42. The van der Waals surface area contributed by atoms with Crippen molar-refractivity contribution in [3.05, 3.63) is 23.8 Å². The molecular formula is C11H18N2S.